The summed E-state index contributed by atoms with van der Waals surface area (Å²) in [7, 11) is 0. The van der Waals surface area contributed by atoms with Gasteiger partial charge in [-0.2, -0.15) is 0 Å². The number of carbonyl (C=O) groups is 1. The fraction of sp³-hybridized carbons (Fsp3) is 0.462. The Morgan fingerprint density at radius 3 is 2.83 bits per heavy atom. The molecular formula is C13H15F2NO2. The van der Waals surface area contributed by atoms with Crippen molar-refractivity contribution in [1.29, 1.82) is 0 Å². The number of benzene rings is 1. The van der Waals surface area contributed by atoms with E-state index < -0.39 is 17.5 Å². The van der Waals surface area contributed by atoms with E-state index in [0.717, 1.165) is 12.5 Å². The maximum Gasteiger partial charge on any atom is 0.257 e. The zero-order valence-electron chi connectivity index (χ0n) is 10.1. The van der Waals surface area contributed by atoms with Crippen molar-refractivity contribution in [3.63, 3.8) is 0 Å². The van der Waals surface area contributed by atoms with Gasteiger partial charge < -0.3 is 10.0 Å². The second kappa shape index (κ2) is 5.02. The topological polar surface area (TPSA) is 40.5 Å². The maximum atomic E-state index is 13.6. The van der Waals surface area contributed by atoms with Crippen molar-refractivity contribution in [1.82, 2.24) is 4.90 Å². The van der Waals surface area contributed by atoms with Gasteiger partial charge in [0, 0.05) is 12.6 Å². The summed E-state index contributed by atoms with van der Waals surface area (Å²) < 4.78 is 26.8. The number of aryl methyl sites for hydroxylation is 1. The minimum Gasteiger partial charge on any atom is -0.394 e. The summed E-state index contributed by atoms with van der Waals surface area (Å²) in [4.78, 5) is 13.6. The summed E-state index contributed by atoms with van der Waals surface area (Å²) in [6, 6.07) is 1.69. The molecule has 1 aliphatic heterocycles. The van der Waals surface area contributed by atoms with Gasteiger partial charge in [-0.1, -0.05) is 0 Å². The normalized spacial score (nSPS) is 19.3. The first-order valence-corrected chi connectivity index (χ1v) is 5.92. The first-order valence-electron chi connectivity index (χ1n) is 5.92. The zero-order valence-corrected chi connectivity index (χ0v) is 10.1. The molecule has 98 valence electrons. The SMILES string of the molecule is Cc1cc(C(=O)N2CCCC2CO)c(F)cc1F. The molecule has 18 heavy (non-hydrogen) atoms. The van der Waals surface area contributed by atoms with Crippen LogP contribution in [0, 0.1) is 18.6 Å². The van der Waals surface area contributed by atoms with Gasteiger partial charge in [0.2, 0.25) is 0 Å². The molecule has 1 aliphatic rings. The van der Waals surface area contributed by atoms with Gasteiger partial charge >= 0.3 is 0 Å². The fourth-order valence-electron chi connectivity index (χ4n) is 2.27. The van der Waals surface area contributed by atoms with Crippen molar-refractivity contribution in [3.05, 3.63) is 34.9 Å². The van der Waals surface area contributed by atoms with Crippen molar-refractivity contribution in [3.8, 4) is 0 Å². The number of amides is 1. The van der Waals surface area contributed by atoms with Gasteiger partial charge in [-0.25, -0.2) is 8.78 Å². The lowest BCUT2D eigenvalue weighted by atomic mass is 10.1. The molecule has 0 aromatic heterocycles. The van der Waals surface area contributed by atoms with Crippen molar-refractivity contribution in [2.45, 2.75) is 25.8 Å². The Hall–Kier alpha value is -1.49. The molecule has 0 aliphatic carbocycles. The Morgan fingerprint density at radius 2 is 2.17 bits per heavy atom. The minimum atomic E-state index is -0.855. The molecule has 1 atom stereocenters. The molecule has 1 N–H and O–H groups in total. The molecule has 0 radical (unpaired) electrons. The Morgan fingerprint density at radius 1 is 1.44 bits per heavy atom. The minimum absolute atomic E-state index is 0.130. The first kappa shape index (κ1) is 13.0. The zero-order chi connectivity index (χ0) is 13.3. The molecule has 0 spiro atoms. The molecule has 1 aromatic rings. The predicted molar refractivity (Wildman–Crippen MR) is 62.2 cm³/mol. The van der Waals surface area contributed by atoms with Crippen LogP contribution in [0.5, 0.6) is 0 Å². The van der Waals surface area contributed by atoms with Gasteiger partial charge in [0.05, 0.1) is 18.2 Å². The second-order valence-electron chi connectivity index (χ2n) is 4.56. The van der Waals surface area contributed by atoms with E-state index in [1.807, 2.05) is 0 Å². The smallest absolute Gasteiger partial charge is 0.257 e. The van der Waals surface area contributed by atoms with E-state index in [2.05, 4.69) is 0 Å². The van der Waals surface area contributed by atoms with E-state index >= 15 is 0 Å². The summed E-state index contributed by atoms with van der Waals surface area (Å²) in [5, 5.41) is 9.15. The second-order valence-corrected chi connectivity index (χ2v) is 4.56. The van der Waals surface area contributed by atoms with Gasteiger partial charge in [0.25, 0.3) is 5.91 Å². The molecule has 1 heterocycles. The van der Waals surface area contributed by atoms with Crippen LogP contribution in [0.4, 0.5) is 8.78 Å². The van der Waals surface area contributed by atoms with Crippen molar-refractivity contribution in [2.75, 3.05) is 13.2 Å². The lowest BCUT2D eigenvalue weighted by Gasteiger charge is -2.23. The quantitative estimate of drug-likeness (QED) is 0.876. The number of aliphatic hydroxyl groups is 1. The Kier molecular flexibility index (Phi) is 3.61. The lowest BCUT2D eigenvalue weighted by Crippen LogP contribution is -2.38. The largest absolute Gasteiger partial charge is 0.394 e. The molecule has 0 saturated carbocycles. The summed E-state index contributed by atoms with van der Waals surface area (Å²) >= 11 is 0. The van der Waals surface area contributed by atoms with E-state index in [0.29, 0.717) is 13.0 Å². The molecule has 3 nitrogen and oxygen atoms in total. The summed E-state index contributed by atoms with van der Waals surface area (Å²) in [5.41, 5.74) is 0.105. The highest BCUT2D eigenvalue weighted by Crippen LogP contribution is 2.22. The van der Waals surface area contributed by atoms with Crippen molar-refractivity contribution >= 4 is 5.91 Å². The molecule has 1 saturated heterocycles. The third-order valence-corrected chi connectivity index (χ3v) is 3.33. The number of hydrogen-bond donors (Lipinski definition) is 1. The Balaban J connectivity index is 2.31. The highest BCUT2D eigenvalue weighted by Gasteiger charge is 2.30. The number of halogens is 2. The predicted octanol–water partition coefficient (Wildman–Crippen LogP) is 1.87. The number of hydrogen-bond acceptors (Lipinski definition) is 2. The first-order chi connectivity index (χ1) is 8.54. The van der Waals surface area contributed by atoms with Gasteiger partial charge in [0.1, 0.15) is 11.6 Å². The summed E-state index contributed by atoms with van der Waals surface area (Å²) in [6.07, 6.45) is 1.50. The molecule has 2 rings (SSSR count). The highest BCUT2D eigenvalue weighted by atomic mass is 19.1. The van der Waals surface area contributed by atoms with E-state index in [4.69, 9.17) is 5.11 Å². The van der Waals surface area contributed by atoms with Crippen LogP contribution in [0.25, 0.3) is 0 Å². The van der Waals surface area contributed by atoms with Crippen molar-refractivity contribution in [2.24, 2.45) is 0 Å². The van der Waals surface area contributed by atoms with Crippen LogP contribution in [0.2, 0.25) is 0 Å². The van der Waals surface area contributed by atoms with E-state index in [1.54, 1.807) is 0 Å². The fourth-order valence-corrected chi connectivity index (χ4v) is 2.27. The van der Waals surface area contributed by atoms with E-state index in [9.17, 15) is 13.6 Å². The van der Waals surface area contributed by atoms with Gasteiger partial charge in [-0.05, 0) is 31.4 Å². The van der Waals surface area contributed by atoms with Crippen LogP contribution in [0.15, 0.2) is 12.1 Å². The van der Waals surface area contributed by atoms with E-state index in [1.165, 1.54) is 17.9 Å². The average Bonchev–Trinajstić information content (AvgIpc) is 2.81. The third-order valence-electron chi connectivity index (χ3n) is 3.33. The lowest BCUT2D eigenvalue weighted by molar-refractivity contribution is 0.0672. The molecule has 5 heteroatoms. The standard InChI is InChI=1S/C13H15F2NO2/c1-8-5-10(12(15)6-11(8)14)13(18)16-4-2-3-9(16)7-17/h5-6,9,17H,2-4,7H2,1H3. The monoisotopic (exact) mass is 255 g/mol. The Labute approximate surface area is 104 Å². The van der Waals surface area contributed by atoms with Crippen LogP contribution < -0.4 is 0 Å². The van der Waals surface area contributed by atoms with Crippen LogP contribution in [0.1, 0.15) is 28.8 Å². The maximum absolute atomic E-state index is 13.6. The number of aliphatic hydroxyl groups excluding tert-OH is 1. The van der Waals surface area contributed by atoms with Gasteiger partial charge in [-0.3, -0.25) is 4.79 Å². The van der Waals surface area contributed by atoms with Gasteiger partial charge in [-0.15, -0.1) is 0 Å². The number of likely N-dealkylation sites (tertiary alicyclic amines) is 1. The molecule has 1 unspecified atom stereocenters. The molecule has 1 amide bonds. The Bertz CT molecular complexity index is 476. The molecule has 1 aromatic carbocycles. The van der Waals surface area contributed by atoms with Gasteiger partial charge in [0.15, 0.2) is 0 Å². The van der Waals surface area contributed by atoms with Crippen LogP contribution in [0.3, 0.4) is 0 Å². The summed E-state index contributed by atoms with van der Waals surface area (Å²) in [5.74, 6) is -2.00. The van der Waals surface area contributed by atoms with Crippen LogP contribution in [-0.2, 0) is 0 Å². The number of carbonyl (C=O) groups excluding carboxylic acids is 1. The van der Waals surface area contributed by atoms with Crippen LogP contribution >= 0.6 is 0 Å². The highest BCUT2D eigenvalue weighted by molar-refractivity contribution is 5.95. The van der Waals surface area contributed by atoms with Crippen molar-refractivity contribution < 1.29 is 18.7 Å². The summed E-state index contributed by atoms with van der Waals surface area (Å²) in [6.45, 7) is 1.85. The third kappa shape index (κ3) is 2.22. The number of rotatable bonds is 2. The van der Waals surface area contributed by atoms with E-state index in [-0.39, 0.29) is 23.8 Å². The molecular weight excluding hydrogens is 240 g/mol. The average molecular weight is 255 g/mol. The molecule has 0 bridgehead atoms. The number of nitrogens with zero attached hydrogens (tertiary/aromatic N) is 1. The molecule has 1 fully saturated rings. The van der Waals surface area contributed by atoms with Crippen LogP contribution in [-0.4, -0.2) is 35.1 Å².